The number of nitrogens with zero attached hydrogens (tertiary/aromatic N) is 4. The van der Waals surface area contributed by atoms with Crippen molar-refractivity contribution in [2.45, 2.75) is 116 Å². The zero-order valence-electron chi connectivity index (χ0n) is 37.1. The van der Waals surface area contributed by atoms with Crippen molar-refractivity contribution in [3.05, 3.63) is 87.9 Å². The second kappa shape index (κ2) is 19.3. The van der Waals surface area contributed by atoms with Crippen molar-refractivity contribution in [3.8, 4) is 11.8 Å². The molecule has 0 radical (unpaired) electrons. The number of ether oxygens (including phenoxy) is 1. The highest BCUT2D eigenvalue weighted by atomic mass is 35.5. The summed E-state index contributed by atoms with van der Waals surface area (Å²) in [5.74, 6) is -1.30. The van der Waals surface area contributed by atoms with Crippen molar-refractivity contribution in [1.82, 2.24) is 20.4 Å². The van der Waals surface area contributed by atoms with Gasteiger partial charge in [0.05, 0.1) is 27.8 Å². The first kappa shape index (κ1) is 45.1. The van der Waals surface area contributed by atoms with E-state index in [1.165, 1.54) is 32.1 Å². The zero-order chi connectivity index (χ0) is 45.0. The van der Waals surface area contributed by atoms with Crippen LogP contribution in [0.1, 0.15) is 134 Å². The largest absolute Gasteiger partial charge is 0.490 e. The van der Waals surface area contributed by atoms with Crippen LogP contribution < -0.4 is 25.6 Å². The smallest absolute Gasteiger partial charge is 0.262 e. The van der Waals surface area contributed by atoms with E-state index in [4.69, 9.17) is 16.3 Å². The number of amides is 5. The zero-order valence-corrected chi connectivity index (χ0v) is 37.8. The highest BCUT2D eigenvalue weighted by Crippen LogP contribution is 2.63. The van der Waals surface area contributed by atoms with Crippen LogP contribution in [0.2, 0.25) is 5.02 Å². The first-order valence-corrected chi connectivity index (χ1v) is 23.5. The van der Waals surface area contributed by atoms with Gasteiger partial charge in [-0.05, 0) is 117 Å². The van der Waals surface area contributed by atoms with Crippen LogP contribution in [-0.4, -0.2) is 96.8 Å². The van der Waals surface area contributed by atoms with Crippen molar-refractivity contribution >= 4 is 52.5 Å². The van der Waals surface area contributed by atoms with Crippen LogP contribution in [0.5, 0.6) is 5.75 Å². The van der Waals surface area contributed by atoms with Gasteiger partial charge in [0.2, 0.25) is 11.8 Å². The highest BCUT2D eigenvalue weighted by Gasteiger charge is 2.59. The third-order valence-electron chi connectivity index (χ3n) is 14.7. The van der Waals surface area contributed by atoms with Crippen molar-refractivity contribution in [2.75, 3.05) is 49.5 Å². The van der Waals surface area contributed by atoms with E-state index < -0.39 is 23.8 Å². The summed E-state index contributed by atoms with van der Waals surface area (Å²) in [5.41, 5.74) is 3.75. The molecule has 0 bridgehead atoms. The van der Waals surface area contributed by atoms with Crippen LogP contribution in [0.25, 0.3) is 0 Å². The number of fused-ring (bicyclic) bond motifs is 2. The summed E-state index contributed by atoms with van der Waals surface area (Å²) < 4.78 is 6.34. The summed E-state index contributed by atoms with van der Waals surface area (Å²) in [6, 6.07) is 19.7. The van der Waals surface area contributed by atoms with Crippen LogP contribution in [0.4, 0.5) is 11.4 Å². The van der Waals surface area contributed by atoms with Crippen molar-refractivity contribution in [2.24, 2.45) is 10.8 Å². The molecule has 3 atom stereocenters. The maximum Gasteiger partial charge on any atom is 0.262 e. The van der Waals surface area contributed by atoms with Gasteiger partial charge in [0.25, 0.3) is 17.7 Å². The van der Waals surface area contributed by atoms with E-state index in [9.17, 15) is 29.2 Å². The first-order valence-electron chi connectivity index (χ1n) is 23.2. The Morgan fingerprint density at radius 1 is 0.828 bits per heavy atom. The van der Waals surface area contributed by atoms with Gasteiger partial charge in [-0.2, -0.15) is 5.26 Å². The second-order valence-electron chi connectivity index (χ2n) is 19.1. The third kappa shape index (κ3) is 9.78. The van der Waals surface area contributed by atoms with E-state index >= 15 is 0 Å². The predicted octanol–water partition coefficient (Wildman–Crippen LogP) is 7.72. The fourth-order valence-electron chi connectivity index (χ4n) is 10.9. The summed E-state index contributed by atoms with van der Waals surface area (Å²) in [6.07, 6.45) is 12.1. The molecule has 8 rings (SSSR count). The molecule has 2 aliphatic carbocycles. The number of unbranched alkanes of at least 4 members (excludes halogenated alkanes) is 6. The maximum atomic E-state index is 13.4. The molecule has 3 heterocycles. The Morgan fingerprint density at radius 3 is 2.17 bits per heavy atom. The summed E-state index contributed by atoms with van der Waals surface area (Å²) in [5, 5.41) is 18.6. The van der Waals surface area contributed by atoms with Gasteiger partial charge in [0.1, 0.15) is 17.9 Å². The molecular weight excluding hydrogens is 830 g/mol. The number of rotatable bonds is 17. The van der Waals surface area contributed by atoms with Gasteiger partial charge in [-0.15, -0.1) is 0 Å². The average Bonchev–Trinajstić information content (AvgIpc) is 3.77. The molecule has 0 aromatic heterocycles. The molecule has 0 spiro atoms. The van der Waals surface area contributed by atoms with Crippen LogP contribution in [0.15, 0.2) is 60.7 Å². The molecule has 5 amide bonds. The van der Waals surface area contributed by atoms with Crippen molar-refractivity contribution < 1.29 is 28.7 Å². The molecule has 13 nitrogen and oxygen atoms in total. The lowest BCUT2D eigenvalue weighted by molar-refractivity contribution is -0.136. The van der Waals surface area contributed by atoms with Gasteiger partial charge in [-0.25, -0.2) is 0 Å². The van der Waals surface area contributed by atoms with Gasteiger partial charge < -0.3 is 20.3 Å². The monoisotopic (exact) mass is 889 g/mol. The SMILES string of the molecule is CC12CC(NC(=O)c3ccc(N4CCN(CCCCCCCCCNc5ccc6c(c5)C(=O)N(C5CCC(=O)NC5=O)C6=O)CC4)cc3)CC1(C)CC(Oc1ccc(C#N)c(Cl)c1)C2. The van der Waals surface area contributed by atoms with E-state index in [2.05, 4.69) is 57.8 Å². The van der Waals surface area contributed by atoms with E-state index in [1.807, 2.05) is 18.2 Å². The predicted molar refractivity (Wildman–Crippen MR) is 246 cm³/mol. The van der Waals surface area contributed by atoms with E-state index in [1.54, 1.807) is 30.3 Å². The molecular formula is C50H60ClN7O6. The molecule has 2 saturated heterocycles. The van der Waals surface area contributed by atoms with Gasteiger partial charge in [0, 0.05) is 68.2 Å². The number of piperazine rings is 1. The molecule has 3 unspecified atom stereocenters. The van der Waals surface area contributed by atoms with Gasteiger partial charge in [-0.1, -0.05) is 57.6 Å². The van der Waals surface area contributed by atoms with Gasteiger partial charge in [-0.3, -0.25) is 39.1 Å². The number of anilines is 2. The Morgan fingerprint density at radius 2 is 1.50 bits per heavy atom. The van der Waals surface area contributed by atoms with E-state index in [0.717, 1.165) is 94.1 Å². The Labute approximate surface area is 381 Å². The van der Waals surface area contributed by atoms with Crippen LogP contribution in [0, 0.1) is 22.2 Å². The molecule has 3 N–H and O–H groups in total. The molecule has 5 aliphatic rings. The number of carbonyl (C=O) groups excluding carboxylic acids is 5. The van der Waals surface area contributed by atoms with Gasteiger partial charge in [0.15, 0.2) is 0 Å². The molecule has 3 aromatic carbocycles. The fourth-order valence-corrected chi connectivity index (χ4v) is 11.1. The van der Waals surface area contributed by atoms with Crippen LogP contribution in [-0.2, 0) is 9.59 Å². The maximum absolute atomic E-state index is 13.4. The topological polar surface area (TPSA) is 164 Å². The molecule has 338 valence electrons. The standard InChI is InChI=1S/C50H60ClN7O6/c1-49-28-36(29-50(49,2)31-39(30-49)64-38-16-12-34(32-52)42(51)27-38)54-45(60)33-10-14-37(15-11-33)57-24-22-56(23-25-57)21-9-7-5-3-4-6-8-20-53-35-13-17-40-41(26-35)48(63)58(47(40)62)43-18-19-44(59)55-46(43)61/h10-17,26-27,36,39,43,53H,3-9,18-25,28-31H2,1-2H3,(H,54,60)(H,55,59,61). The summed E-state index contributed by atoms with van der Waals surface area (Å²) >= 11 is 6.25. The average molecular weight is 891 g/mol. The highest BCUT2D eigenvalue weighted by molar-refractivity contribution is 6.31. The van der Waals surface area contributed by atoms with E-state index in [0.29, 0.717) is 21.9 Å². The number of benzene rings is 3. The quantitative estimate of drug-likeness (QED) is 0.0903. The fraction of sp³-hybridized carbons (Fsp3) is 0.520. The number of hydrogen-bond acceptors (Lipinski definition) is 10. The van der Waals surface area contributed by atoms with Crippen LogP contribution >= 0.6 is 11.6 Å². The molecule has 64 heavy (non-hydrogen) atoms. The minimum absolute atomic E-state index is 0.0136. The molecule has 3 aliphatic heterocycles. The third-order valence-corrected chi connectivity index (χ3v) is 15.0. The normalized spacial score (nSPS) is 25.5. The first-order chi connectivity index (χ1) is 30.8. The minimum atomic E-state index is -0.961. The molecule has 2 saturated carbocycles. The number of nitriles is 1. The molecule has 14 heteroatoms. The lowest BCUT2D eigenvalue weighted by Crippen LogP contribution is -2.54. The number of imide groups is 2. The Kier molecular flexibility index (Phi) is 13.6. The summed E-state index contributed by atoms with van der Waals surface area (Å²) in [6.45, 7) is 10.6. The van der Waals surface area contributed by atoms with E-state index in [-0.39, 0.29) is 58.8 Å². The Bertz CT molecular complexity index is 2290. The van der Waals surface area contributed by atoms with Crippen molar-refractivity contribution in [1.29, 1.82) is 5.26 Å². The lowest BCUT2D eigenvalue weighted by atomic mass is 9.71. The molecule has 4 fully saturated rings. The number of carbonyl (C=O) groups is 5. The number of nitrogens with one attached hydrogen (secondary N) is 3. The molecule has 3 aromatic rings. The van der Waals surface area contributed by atoms with Crippen LogP contribution in [0.3, 0.4) is 0 Å². The second-order valence-corrected chi connectivity index (χ2v) is 19.5. The van der Waals surface area contributed by atoms with Crippen molar-refractivity contribution in [3.63, 3.8) is 0 Å². The minimum Gasteiger partial charge on any atom is -0.490 e. The Balaban J connectivity index is 0.668. The Hall–Kier alpha value is -5.45. The van der Waals surface area contributed by atoms with Gasteiger partial charge >= 0.3 is 0 Å². The number of halogens is 1. The summed E-state index contributed by atoms with van der Waals surface area (Å²) in [4.78, 5) is 69.3. The summed E-state index contributed by atoms with van der Waals surface area (Å²) in [7, 11) is 0. The number of piperidine rings is 1. The number of hydrogen-bond donors (Lipinski definition) is 3. The lowest BCUT2D eigenvalue weighted by Gasteiger charge is -2.36.